The third-order valence-electron chi connectivity index (χ3n) is 4.19. The molecule has 27 heavy (non-hydrogen) atoms. The van der Waals surface area contributed by atoms with E-state index in [9.17, 15) is 18.0 Å². The van der Waals surface area contributed by atoms with Crippen LogP contribution in [0.3, 0.4) is 0 Å². The largest absolute Gasteiger partial charge is 0.480 e. The zero-order valence-electron chi connectivity index (χ0n) is 13.5. The van der Waals surface area contributed by atoms with Gasteiger partial charge in [0.25, 0.3) is 0 Å². The molecular formula is C18H10ClF3N2O2S. The summed E-state index contributed by atoms with van der Waals surface area (Å²) in [5, 5.41) is 10.4. The summed E-state index contributed by atoms with van der Waals surface area (Å²) >= 11 is 7.31. The van der Waals surface area contributed by atoms with Crippen molar-refractivity contribution < 1.29 is 23.1 Å². The zero-order valence-corrected chi connectivity index (χ0v) is 15.0. The fraction of sp³-hybridized carbons (Fsp3) is 0.111. The second-order valence-corrected chi connectivity index (χ2v) is 7.32. The van der Waals surface area contributed by atoms with E-state index >= 15 is 0 Å². The first kappa shape index (κ1) is 17.8. The van der Waals surface area contributed by atoms with Crippen LogP contribution in [0.4, 0.5) is 13.2 Å². The second kappa shape index (κ2) is 6.54. The number of aromatic nitrogens is 2. The minimum atomic E-state index is -1.30. The van der Waals surface area contributed by atoms with Crippen molar-refractivity contribution in [1.29, 1.82) is 0 Å². The van der Waals surface area contributed by atoms with Crippen LogP contribution in [0.25, 0.3) is 21.1 Å². The predicted octanol–water partition coefficient (Wildman–Crippen LogP) is 5.00. The van der Waals surface area contributed by atoms with Gasteiger partial charge < -0.3 is 9.67 Å². The Bertz CT molecular complexity index is 1220. The van der Waals surface area contributed by atoms with E-state index in [1.54, 1.807) is 24.3 Å². The van der Waals surface area contributed by atoms with Gasteiger partial charge in [-0.25, -0.2) is 18.2 Å². The zero-order chi connectivity index (χ0) is 19.3. The molecule has 0 bridgehead atoms. The van der Waals surface area contributed by atoms with Gasteiger partial charge in [0.2, 0.25) is 0 Å². The van der Waals surface area contributed by atoms with Gasteiger partial charge in [0.05, 0.1) is 15.2 Å². The average Bonchev–Trinajstić information content (AvgIpc) is 3.16. The van der Waals surface area contributed by atoms with Crippen LogP contribution >= 0.6 is 22.9 Å². The van der Waals surface area contributed by atoms with Gasteiger partial charge in [-0.2, -0.15) is 0 Å². The molecule has 2 aromatic heterocycles. The highest BCUT2D eigenvalue weighted by molar-refractivity contribution is 7.18. The maximum atomic E-state index is 13.9. The molecule has 9 heteroatoms. The van der Waals surface area contributed by atoms with Crippen molar-refractivity contribution in [2.24, 2.45) is 0 Å². The van der Waals surface area contributed by atoms with Crippen molar-refractivity contribution in [2.75, 3.05) is 0 Å². The number of nitrogens with zero attached hydrogens (tertiary/aromatic N) is 2. The van der Waals surface area contributed by atoms with E-state index in [-0.39, 0.29) is 28.3 Å². The summed E-state index contributed by atoms with van der Waals surface area (Å²) in [7, 11) is 0. The van der Waals surface area contributed by atoms with Crippen LogP contribution in [0, 0.1) is 17.5 Å². The second-order valence-electron chi connectivity index (χ2n) is 5.88. The van der Waals surface area contributed by atoms with Gasteiger partial charge in [0.15, 0.2) is 11.6 Å². The van der Waals surface area contributed by atoms with E-state index in [0.717, 1.165) is 16.7 Å². The number of fused-ring (bicyclic) bond motifs is 2. The van der Waals surface area contributed by atoms with Crippen LogP contribution in [0.5, 0.6) is 0 Å². The number of thiazole rings is 1. The minimum absolute atomic E-state index is 0.0747. The van der Waals surface area contributed by atoms with Crippen LogP contribution in [0.15, 0.2) is 30.3 Å². The highest BCUT2D eigenvalue weighted by atomic mass is 35.5. The summed E-state index contributed by atoms with van der Waals surface area (Å²) in [6, 6.07) is 7.54. The molecule has 0 saturated carbocycles. The number of aliphatic carboxylic acids is 1. The molecule has 4 aromatic rings. The van der Waals surface area contributed by atoms with Gasteiger partial charge in [-0.05, 0) is 6.07 Å². The number of hydrogen-bond acceptors (Lipinski definition) is 3. The van der Waals surface area contributed by atoms with Crippen LogP contribution in [0.2, 0.25) is 5.15 Å². The van der Waals surface area contributed by atoms with E-state index in [1.807, 2.05) is 0 Å². The maximum absolute atomic E-state index is 13.9. The molecule has 4 nitrogen and oxygen atoms in total. The first-order chi connectivity index (χ1) is 12.9. The number of halogens is 4. The summed E-state index contributed by atoms with van der Waals surface area (Å²) in [6.07, 6.45) is 0.131. The van der Waals surface area contributed by atoms with Gasteiger partial charge >= 0.3 is 5.97 Å². The van der Waals surface area contributed by atoms with Gasteiger partial charge in [-0.1, -0.05) is 29.8 Å². The molecule has 1 N–H and O–H groups in total. The minimum Gasteiger partial charge on any atom is -0.480 e. The molecule has 138 valence electrons. The number of carboxylic acids is 1. The highest BCUT2D eigenvalue weighted by Gasteiger charge is 2.21. The lowest BCUT2D eigenvalue weighted by Gasteiger charge is -2.03. The molecule has 0 fully saturated rings. The lowest BCUT2D eigenvalue weighted by molar-refractivity contribution is -0.137. The molecule has 0 amide bonds. The number of para-hydroxylation sites is 1. The maximum Gasteiger partial charge on any atom is 0.323 e. The number of carbonyl (C=O) groups is 1. The standard InChI is InChI=1S/C18H10ClF3N2O2S/c19-18-9(8-3-1-2-4-12(8)24(18)7-14(25)26)5-13-23-16-15(22)10(20)6-11(21)17(16)27-13/h1-4,6H,5,7H2,(H,25,26). The Hall–Kier alpha value is -2.58. The summed E-state index contributed by atoms with van der Waals surface area (Å²) < 4.78 is 42.6. The Morgan fingerprint density at radius 2 is 1.96 bits per heavy atom. The molecule has 4 rings (SSSR count). The summed E-state index contributed by atoms with van der Waals surface area (Å²) in [6.45, 7) is -0.326. The third-order valence-corrected chi connectivity index (χ3v) is 5.68. The van der Waals surface area contributed by atoms with Crippen molar-refractivity contribution in [3.8, 4) is 0 Å². The van der Waals surface area contributed by atoms with Crippen molar-refractivity contribution in [1.82, 2.24) is 9.55 Å². The first-order valence-corrected chi connectivity index (χ1v) is 8.96. The fourth-order valence-electron chi connectivity index (χ4n) is 3.06. The van der Waals surface area contributed by atoms with Crippen LogP contribution in [-0.2, 0) is 17.8 Å². The van der Waals surface area contributed by atoms with E-state index in [4.69, 9.17) is 16.7 Å². The average molecular weight is 411 g/mol. The Morgan fingerprint density at radius 1 is 1.22 bits per heavy atom. The van der Waals surface area contributed by atoms with E-state index in [0.29, 0.717) is 22.2 Å². The summed E-state index contributed by atoms with van der Waals surface area (Å²) in [5.74, 6) is -4.43. The molecule has 0 aliphatic carbocycles. The van der Waals surface area contributed by atoms with E-state index in [2.05, 4.69) is 4.98 Å². The van der Waals surface area contributed by atoms with Crippen molar-refractivity contribution in [3.05, 3.63) is 63.5 Å². The summed E-state index contributed by atoms with van der Waals surface area (Å²) in [5.41, 5.74) is 0.858. The Kier molecular flexibility index (Phi) is 4.32. The number of rotatable bonds is 4. The molecular weight excluding hydrogens is 401 g/mol. The molecule has 0 unspecified atom stereocenters. The fourth-order valence-corrected chi connectivity index (χ4v) is 4.35. The highest BCUT2D eigenvalue weighted by Crippen LogP contribution is 2.35. The van der Waals surface area contributed by atoms with Gasteiger partial charge in [0, 0.05) is 23.4 Å². The molecule has 0 atom stereocenters. The Balaban J connectivity index is 1.86. The number of benzene rings is 2. The van der Waals surface area contributed by atoms with Gasteiger partial charge in [-0.3, -0.25) is 4.79 Å². The Labute approximate surface area is 159 Å². The molecule has 0 saturated heterocycles. The molecule has 0 aliphatic rings. The van der Waals surface area contributed by atoms with E-state index in [1.165, 1.54) is 4.57 Å². The third kappa shape index (κ3) is 2.94. The van der Waals surface area contributed by atoms with Crippen molar-refractivity contribution in [2.45, 2.75) is 13.0 Å². The van der Waals surface area contributed by atoms with Crippen LogP contribution < -0.4 is 0 Å². The molecule has 2 aromatic carbocycles. The van der Waals surface area contributed by atoms with Gasteiger partial charge in [-0.15, -0.1) is 11.3 Å². The molecule has 2 heterocycles. The van der Waals surface area contributed by atoms with Crippen LogP contribution in [0.1, 0.15) is 10.6 Å². The topological polar surface area (TPSA) is 55.1 Å². The SMILES string of the molecule is O=C(O)Cn1c(Cl)c(Cc2nc3c(F)c(F)cc(F)c3s2)c2ccccc21. The smallest absolute Gasteiger partial charge is 0.323 e. The predicted molar refractivity (Wildman–Crippen MR) is 96.9 cm³/mol. The molecule has 0 aliphatic heterocycles. The summed E-state index contributed by atoms with van der Waals surface area (Å²) in [4.78, 5) is 15.2. The monoisotopic (exact) mass is 410 g/mol. The Morgan fingerprint density at radius 3 is 2.70 bits per heavy atom. The number of hydrogen-bond donors (Lipinski definition) is 1. The van der Waals surface area contributed by atoms with Crippen molar-refractivity contribution >= 4 is 50.0 Å². The normalized spacial score (nSPS) is 11.6. The van der Waals surface area contributed by atoms with Crippen LogP contribution in [-0.4, -0.2) is 20.6 Å². The van der Waals surface area contributed by atoms with Crippen molar-refractivity contribution in [3.63, 3.8) is 0 Å². The molecule has 0 radical (unpaired) electrons. The van der Waals surface area contributed by atoms with Gasteiger partial charge in [0.1, 0.15) is 23.0 Å². The lowest BCUT2D eigenvalue weighted by Crippen LogP contribution is -2.08. The van der Waals surface area contributed by atoms with E-state index < -0.39 is 23.4 Å². The first-order valence-electron chi connectivity index (χ1n) is 7.77. The molecule has 0 spiro atoms. The lowest BCUT2D eigenvalue weighted by atomic mass is 10.1. The quantitative estimate of drug-likeness (QED) is 0.482. The number of carboxylic acid groups (broad SMARTS) is 1.